The van der Waals surface area contributed by atoms with Crippen LogP contribution >= 0.6 is 0 Å². The lowest BCUT2D eigenvalue weighted by atomic mass is 9.84. The fourth-order valence-electron chi connectivity index (χ4n) is 2.88. The highest BCUT2D eigenvalue weighted by molar-refractivity contribution is 4.83. The summed E-state index contributed by atoms with van der Waals surface area (Å²) >= 11 is 0. The molecular formula is C14H26F3N. The van der Waals surface area contributed by atoms with Crippen molar-refractivity contribution in [3.63, 3.8) is 0 Å². The first-order valence-electron chi connectivity index (χ1n) is 7.15. The van der Waals surface area contributed by atoms with E-state index in [2.05, 4.69) is 26.1 Å². The van der Waals surface area contributed by atoms with Gasteiger partial charge < -0.3 is 5.32 Å². The van der Waals surface area contributed by atoms with Crippen LogP contribution in [-0.2, 0) is 0 Å². The summed E-state index contributed by atoms with van der Waals surface area (Å²) in [6, 6.07) is 0.362. The molecule has 18 heavy (non-hydrogen) atoms. The van der Waals surface area contributed by atoms with Crippen LogP contribution in [0.1, 0.15) is 59.3 Å². The largest absolute Gasteiger partial charge is 0.391 e. The fourth-order valence-corrected chi connectivity index (χ4v) is 2.88. The second kappa shape index (κ2) is 6.78. The van der Waals surface area contributed by atoms with E-state index in [0.717, 1.165) is 19.3 Å². The van der Waals surface area contributed by atoms with Crippen LogP contribution in [0.25, 0.3) is 0 Å². The van der Waals surface area contributed by atoms with Gasteiger partial charge in [0.1, 0.15) is 0 Å². The molecule has 0 aromatic carbocycles. The van der Waals surface area contributed by atoms with Gasteiger partial charge in [0.15, 0.2) is 0 Å². The lowest BCUT2D eigenvalue weighted by Crippen LogP contribution is -2.43. The molecule has 1 rings (SSSR count). The van der Waals surface area contributed by atoms with Gasteiger partial charge in [-0.2, -0.15) is 13.2 Å². The first kappa shape index (κ1) is 15.8. The van der Waals surface area contributed by atoms with Crippen molar-refractivity contribution in [1.82, 2.24) is 5.32 Å². The van der Waals surface area contributed by atoms with Gasteiger partial charge in [-0.15, -0.1) is 0 Å². The van der Waals surface area contributed by atoms with Crippen LogP contribution in [0.2, 0.25) is 0 Å². The van der Waals surface area contributed by atoms with Crippen LogP contribution in [0.5, 0.6) is 0 Å². The molecule has 4 atom stereocenters. The Morgan fingerprint density at radius 3 is 2.44 bits per heavy atom. The average molecular weight is 265 g/mol. The minimum atomic E-state index is -4.01. The molecule has 0 bridgehead atoms. The molecule has 0 aliphatic heterocycles. The fraction of sp³-hybridized carbons (Fsp3) is 1.00. The lowest BCUT2D eigenvalue weighted by Gasteiger charge is -2.33. The van der Waals surface area contributed by atoms with E-state index in [9.17, 15) is 13.2 Å². The molecule has 1 fully saturated rings. The van der Waals surface area contributed by atoms with E-state index in [0.29, 0.717) is 24.8 Å². The molecule has 4 unspecified atom stereocenters. The van der Waals surface area contributed by atoms with Crippen LogP contribution in [0, 0.1) is 11.8 Å². The third-order valence-corrected chi connectivity index (χ3v) is 4.11. The average Bonchev–Trinajstić information content (AvgIpc) is 2.27. The van der Waals surface area contributed by atoms with Crippen molar-refractivity contribution < 1.29 is 13.2 Å². The zero-order valence-corrected chi connectivity index (χ0v) is 11.7. The van der Waals surface area contributed by atoms with Gasteiger partial charge >= 0.3 is 6.18 Å². The van der Waals surface area contributed by atoms with Crippen molar-refractivity contribution in [3.8, 4) is 0 Å². The number of hydrogen-bond acceptors (Lipinski definition) is 1. The van der Waals surface area contributed by atoms with Crippen molar-refractivity contribution in [1.29, 1.82) is 0 Å². The first-order chi connectivity index (χ1) is 8.32. The number of rotatable bonds is 5. The molecule has 108 valence electrons. The molecular weight excluding hydrogens is 239 g/mol. The minimum Gasteiger partial charge on any atom is -0.311 e. The predicted molar refractivity (Wildman–Crippen MR) is 68.5 cm³/mol. The van der Waals surface area contributed by atoms with Crippen LogP contribution < -0.4 is 5.32 Å². The molecule has 1 saturated carbocycles. The van der Waals surface area contributed by atoms with Crippen LogP contribution in [-0.4, -0.2) is 18.3 Å². The van der Waals surface area contributed by atoms with Crippen molar-refractivity contribution >= 4 is 0 Å². The Morgan fingerprint density at radius 2 is 1.89 bits per heavy atom. The van der Waals surface area contributed by atoms with E-state index in [-0.39, 0.29) is 12.5 Å². The summed E-state index contributed by atoms with van der Waals surface area (Å²) in [5.41, 5.74) is 0. The SMILES string of the molecule is CCC(C)CC(C)NC1CCCC(C(F)(F)F)C1. The molecule has 0 spiro atoms. The minimum absolute atomic E-state index is 0.0458. The summed E-state index contributed by atoms with van der Waals surface area (Å²) in [5, 5.41) is 3.39. The monoisotopic (exact) mass is 265 g/mol. The lowest BCUT2D eigenvalue weighted by molar-refractivity contribution is -0.183. The molecule has 0 saturated heterocycles. The van der Waals surface area contributed by atoms with E-state index in [4.69, 9.17) is 0 Å². The molecule has 1 N–H and O–H groups in total. The van der Waals surface area contributed by atoms with E-state index in [1.807, 2.05) is 0 Å². The molecule has 0 aromatic rings. The summed E-state index contributed by atoms with van der Waals surface area (Å²) in [5.74, 6) is -0.464. The Morgan fingerprint density at radius 1 is 1.22 bits per heavy atom. The molecule has 0 radical (unpaired) electrons. The number of halogens is 3. The third-order valence-electron chi connectivity index (χ3n) is 4.11. The maximum Gasteiger partial charge on any atom is 0.391 e. The molecule has 1 nitrogen and oxygen atoms in total. The predicted octanol–water partition coefficient (Wildman–Crippen LogP) is 4.52. The van der Waals surface area contributed by atoms with E-state index in [1.54, 1.807) is 0 Å². The molecule has 0 heterocycles. The van der Waals surface area contributed by atoms with Crippen molar-refractivity contribution in [3.05, 3.63) is 0 Å². The number of alkyl halides is 3. The first-order valence-corrected chi connectivity index (χ1v) is 7.15. The normalized spacial score (nSPS) is 29.0. The van der Waals surface area contributed by atoms with Crippen LogP contribution in [0.3, 0.4) is 0 Å². The van der Waals surface area contributed by atoms with Crippen LogP contribution in [0.4, 0.5) is 13.2 Å². The molecule has 4 heteroatoms. The van der Waals surface area contributed by atoms with E-state index >= 15 is 0 Å². The number of nitrogens with one attached hydrogen (secondary N) is 1. The molecule has 1 aliphatic rings. The van der Waals surface area contributed by atoms with E-state index < -0.39 is 12.1 Å². The number of hydrogen-bond donors (Lipinski definition) is 1. The van der Waals surface area contributed by atoms with Gasteiger partial charge in [0.2, 0.25) is 0 Å². The summed E-state index contributed by atoms with van der Waals surface area (Å²) in [4.78, 5) is 0. The summed E-state index contributed by atoms with van der Waals surface area (Å²) in [6.45, 7) is 6.43. The van der Waals surface area contributed by atoms with Gasteiger partial charge in [0.05, 0.1) is 5.92 Å². The van der Waals surface area contributed by atoms with Gasteiger partial charge in [-0.05, 0) is 38.5 Å². The second-order valence-corrected chi connectivity index (χ2v) is 5.92. The van der Waals surface area contributed by atoms with Gasteiger partial charge in [-0.25, -0.2) is 0 Å². The summed E-state index contributed by atoms with van der Waals surface area (Å²) < 4.78 is 38.1. The van der Waals surface area contributed by atoms with Gasteiger partial charge in [0.25, 0.3) is 0 Å². The smallest absolute Gasteiger partial charge is 0.311 e. The summed E-state index contributed by atoms with van der Waals surface area (Å²) in [6.07, 6.45) is 0.303. The van der Waals surface area contributed by atoms with Gasteiger partial charge in [-0.3, -0.25) is 0 Å². The van der Waals surface area contributed by atoms with Crippen molar-refractivity contribution in [2.45, 2.75) is 77.6 Å². The Labute approximate surface area is 109 Å². The Kier molecular flexibility index (Phi) is 5.96. The maximum atomic E-state index is 12.7. The standard InChI is InChI=1S/C14H26F3N/c1-4-10(2)8-11(3)18-13-7-5-6-12(9-13)14(15,16)17/h10-13,18H,4-9H2,1-3H3. The highest BCUT2D eigenvalue weighted by Crippen LogP contribution is 2.37. The Bertz CT molecular complexity index is 240. The van der Waals surface area contributed by atoms with Crippen LogP contribution in [0.15, 0.2) is 0 Å². The van der Waals surface area contributed by atoms with Gasteiger partial charge in [0, 0.05) is 12.1 Å². The molecule has 1 aliphatic carbocycles. The third kappa shape index (κ3) is 5.17. The Hall–Kier alpha value is -0.250. The Balaban J connectivity index is 2.38. The zero-order chi connectivity index (χ0) is 13.8. The molecule has 0 amide bonds. The zero-order valence-electron chi connectivity index (χ0n) is 11.7. The van der Waals surface area contributed by atoms with Crippen molar-refractivity contribution in [2.24, 2.45) is 11.8 Å². The van der Waals surface area contributed by atoms with E-state index in [1.165, 1.54) is 0 Å². The molecule has 0 aromatic heterocycles. The van der Waals surface area contributed by atoms with Crippen molar-refractivity contribution in [2.75, 3.05) is 0 Å². The highest BCUT2D eigenvalue weighted by Gasteiger charge is 2.42. The topological polar surface area (TPSA) is 12.0 Å². The summed E-state index contributed by atoms with van der Waals surface area (Å²) in [7, 11) is 0. The quantitative estimate of drug-likeness (QED) is 0.770. The second-order valence-electron chi connectivity index (χ2n) is 5.92. The van der Waals surface area contributed by atoms with Gasteiger partial charge in [-0.1, -0.05) is 26.7 Å². The maximum absolute atomic E-state index is 12.7. The highest BCUT2D eigenvalue weighted by atomic mass is 19.4.